The Bertz CT molecular complexity index is 677. The van der Waals surface area contributed by atoms with Gasteiger partial charge in [0.05, 0.1) is 11.9 Å². The molecule has 1 aromatic carbocycles. The quantitative estimate of drug-likeness (QED) is 0.904. The Morgan fingerprint density at radius 2 is 2.17 bits per heavy atom. The van der Waals surface area contributed by atoms with Crippen molar-refractivity contribution in [3.05, 3.63) is 48.3 Å². The average Bonchev–Trinajstić information content (AvgIpc) is 3.10. The number of likely N-dealkylation sites (N-methyl/N-ethyl adjacent to an activating group) is 1. The summed E-state index contributed by atoms with van der Waals surface area (Å²) in [5, 5.41) is 7.49. The highest BCUT2D eigenvalue weighted by molar-refractivity contribution is 7.99. The summed E-state index contributed by atoms with van der Waals surface area (Å²) in [5.74, 6) is 2.12. The SMILES string of the molecule is CN(C)C1(C(=O)NCc2cnn(-c3ccccc3)c2)CCCSC1. The van der Waals surface area contributed by atoms with Gasteiger partial charge in [-0.05, 0) is 44.8 Å². The van der Waals surface area contributed by atoms with Crippen LogP contribution >= 0.6 is 11.8 Å². The Morgan fingerprint density at radius 3 is 2.83 bits per heavy atom. The Kier molecular flexibility index (Phi) is 5.26. The molecule has 1 N–H and O–H groups in total. The number of hydrogen-bond donors (Lipinski definition) is 1. The topological polar surface area (TPSA) is 50.2 Å². The van der Waals surface area contributed by atoms with Crippen LogP contribution in [0, 0.1) is 0 Å². The largest absolute Gasteiger partial charge is 0.350 e. The van der Waals surface area contributed by atoms with Gasteiger partial charge in [0.15, 0.2) is 0 Å². The Labute approximate surface area is 147 Å². The van der Waals surface area contributed by atoms with Crippen LogP contribution in [0.3, 0.4) is 0 Å². The summed E-state index contributed by atoms with van der Waals surface area (Å²) in [4.78, 5) is 14.9. The Morgan fingerprint density at radius 1 is 1.38 bits per heavy atom. The number of nitrogens with one attached hydrogen (secondary N) is 1. The predicted molar refractivity (Wildman–Crippen MR) is 98.4 cm³/mol. The van der Waals surface area contributed by atoms with Gasteiger partial charge in [0, 0.05) is 24.1 Å². The van der Waals surface area contributed by atoms with E-state index in [1.165, 1.54) is 0 Å². The molecule has 0 spiro atoms. The molecule has 1 amide bonds. The van der Waals surface area contributed by atoms with Crippen LogP contribution < -0.4 is 5.32 Å². The molecule has 0 aliphatic carbocycles. The van der Waals surface area contributed by atoms with Gasteiger partial charge in [-0.1, -0.05) is 18.2 Å². The molecule has 6 heteroatoms. The molecule has 0 radical (unpaired) electrons. The van der Waals surface area contributed by atoms with Crippen LogP contribution in [0.5, 0.6) is 0 Å². The van der Waals surface area contributed by atoms with Crippen molar-refractivity contribution in [1.82, 2.24) is 20.0 Å². The molecule has 1 atom stereocenters. The number of amides is 1. The molecule has 128 valence electrons. The summed E-state index contributed by atoms with van der Waals surface area (Å²) in [6, 6.07) is 9.97. The second-order valence-corrected chi connectivity index (χ2v) is 7.50. The predicted octanol–water partition coefficient (Wildman–Crippen LogP) is 2.32. The number of hydrogen-bond acceptors (Lipinski definition) is 4. The first kappa shape index (κ1) is 17.0. The van der Waals surface area contributed by atoms with Crippen molar-refractivity contribution in [2.24, 2.45) is 0 Å². The molecule has 1 aliphatic heterocycles. The molecule has 0 saturated carbocycles. The molecule has 2 aromatic rings. The van der Waals surface area contributed by atoms with Gasteiger partial charge in [-0.25, -0.2) is 4.68 Å². The van der Waals surface area contributed by atoms with Crippen LogP contribution in [0.4, 0.5) is 0 Å². The maximum atomic E-state index is 12.8. The molecular weight excluding hydrogens is 320 g/mol. The summed E-state index contributed by atoms with van der Waals surface area (Å²) >= 11 is 1.86. The van der Waals surface area contributed by atoms with E-state index in [0.717, 1.165) is 35.6 Å². The Hall–Kier alpha value is -1.79. The molecule has 24 heavy (non-hydrogen) atoms. The first-order valence-corrected chi connectivity index (χ1v) is 9.40. The van der Waals surface area contributed by atoms with Gasteiger partial charge < -0.3 is 5.32 Å². The number of para-hydroxylation sites is 1. The fourth-order valence-electron chi connectivity index (χ4n) is 3.03. The van der Waals surface area contributed by atoms with E-state index in [4.69, 9.17) is 0 Å². The number of aromatic nitrogens is 2. The van der Waals surface area contributed by atoms with Crippen molar-refractivity contribution in [1.29, 1.82) is 0 Å². The number of benzene rings is 1. The van der Waals surface area contributed by atoms with E-state index in [2.05, 4.69) is 15.3 Å². The lowest BCUT2D eigenvalue weighted by molar-refractivity contribution is -0.131. The molecule has 2 heterocycles. The van der Waals surface area contributed by atoms with Gasteiger partial charge in [-0.3, -0.25) is 9.69 Å². The third kappa shape index (κ3) is 3.49. The summed E-state index contributed by atoms with van der Waals surface area (Å²) in [6.07, 6.45) is 5.78. The van der Waals surface area contributed by atoms with Crippen LogP contribution in [0.25, 0.3) is 5.69 Å². The monoisotopic (exact) mass is 344 g/mol. The van der Waals surface area contributed by atoms with Crippen LogP contribution in [0.2, 0.25) is 0 Å². The van der Waals surface area contributed by atoms with Crippen LogP contribution in [-0.4, -0.2) is 51.7 Å². The van der Waals surface area contributed by atoms with E-state index >= 15 is 0 Å². The summed E-state index contributed by atoms with van der Waals surface area (Å²) < 4.78 is 1.83. The summed E-state index contributed by atoms with van der Waals surface area (Å²) in [7, 11) is 4.00. The molecule has 1 saturated heterocycles. The van der Waals surface area contributed by atoms with E-state index in [1.54, 1.807) is 0 Å². The van der Waals surface area contributed by atoms with E-state index < -0.39 is 5.54 Å². The molecule has 1 unspecified atom stereocenters. The zero-order valence-electron chi connectivity index (χ0n) is 14.2. The zero-order chi connectivity index (χ0) is 17.0. The van der Waals surface area contributed by atoms with Gasteiger partial charge in [0.25, 0.3) is 0 Å². The second-order valence-electron chi connectivity index (χ2n) is 6.39. The number of nitrogens with zero attached hydrogens (tertiary/aromatic N) is 3. The number of carbonyl (C=O) groups excluding carboxylic acids is 1. The van der Waals surface area contributed by atoms with Gasteiger partial charge >= 0.3 is 0 Å². The Balaban J connectivity index is 1.65. The van der Waals surface area contributed by atoms with Crippen molar-refractivity contribution in [3.8, 4) is 5.69 Å². The molecule has 1 aromatic heterocycles. The average molecular weight is 344 g/mol. The third-order valence-corrected chi connectivity index (χ3v) is 5.87. The highest BCUT2D eigenvalue weighted by Gasteiger charge is 2.41. The lowest BCUT2D eigenvalue weighted by Crippen LogP contribution is -2.59. The number of rotatable bonds is 5. The molecule has 1 aliphatic rings. The zero-order valence-corrected chi connectivity index (χ0v) is 15.1. The van der Waals surface area contributed by atoms with Gasteiger partial charge in [0.1, 0.15) is 5.54 Å². The van der Waals surface area contributed by atoms with Crippen LogP contribution in [0.15, 0.2) is 42.7 Å². The molecule has 3 rings (SSSR count). The number of thioether (sulfide) groups is 1. The maximum absolute atomic E-state index is 12.8. The summed E-state index contributed by atoms with van der Waals surface area (Å²) in [6.45, 7) is 0.506. The van der Waals surface area contributed by atoms with E-state index in [0.29, 0.717) is 6.54 Å². The fraction of sp³-hybridized carbons (Fsp3) is 0.444. The van der Waals surface area contributed by atoms with Gasteiger partial charge in [-0.2, -0.15) is 16.9 Å². The summed E-state index contributed by atoms with van der Waals surface area (Å²) in [5.41, 5.74) is 1.63. The maximum Gasteiger partial charge on any atom is 0.241 e. The van der Waals surface area contributed by atoms with Crippen molar-refractivity contribution in [3.63, 3.8) is 0 Å². The van der Waals surface area contributed by atoms with Crippen molar-refractivity contribution >= 4 is 17.7 Å². The lowest BCUT2D eigenvalue weighted by atomic mass is 9.92. The highest BCUT2D eigenvalue weighted by Crippen LogP contribution is 2.31. The normalized spacial score (nSPS) is 21.0. The van der Waals surface area contributed by atoms with E-state index in [9.17, 15) is 4.79 Å². The van der Waals surface area contributed by atoms with Crippen LogP contribution in [0.1, 0.15) is 18.4 Å². The van der Waals surface area contributed by atoms with Crippen LogP contribution in [-0.2, 0) is 11.3 Å². The van der Waals surface area contributed by atoms with Gasteiger partial charge in [-0.15, -0.1) is 0 Å². The first-order valence-electron chi connectivity index (χ1n) is 8.24. The third-order valence-electron chi connectivity index (χ3n) is 4.61. The highest BCUT2D eigenvalue weighted by atomic mass is 32.2. The van der Waals surface area contributed by atoms with Gasteiger partial charge in [0.2, 0.25) is 5.91 Å². The molecule has 0 bridgehead atoms. The van der Waals surface area contributed by atoms with Crippen molar-refractivity contribution < 1.29 is 4.79 Å². The first-order chi connectivity index (χ1) is 11.6. The smallest absolute Gasteiger partial charge is 0.241 e. The molecule has 1 fully saturated rings. The lowest BCUT2D eigenvalue weighted by Gasteiger charge is -2.40. The van der Waals surface area contributed by atoms with E-state index in [1.807, 2.05) is 73.3 Å². The standard InChI is InChI=1S/C18H24N4OS/c1-21(2)18(9-6-10-24-14-18)17(23)19-11-15-12-20-22(13-15)16-7-4-3-5-8-16/h3-5,7-8,12-13H,6,9-11,14H2,1-2H3,(H,19,23). The van der Waals surface area contributed by atoms with Crippen molar-refractivity contribution in [2.75, 3.05) is 25.6 Å². The second kappa shape index (κ2) is 7.40. The fourth-order valence-corrected chi connectivity index (χ4v) is 4.40. The number of carbonyl (C=O) groups is 1. The minimum atomic E-state index is -0.391. The minimum Gasteiger partial charge on any atom is -0.350 e. The molecular formula is C18H24N4OS. The minimum absolute atomic E-state index is 0.118. The van der Waals surface area contributed by atoms with Crippen molar-refractivity contribution in [2.45, 2.75) is 24.9 Å². The molecule has 5 nitrogen and oxygen atoms in total. The van der Waals surface area contributed by atoms with E-state index in [-0.39, 0.29) is 5.91 Å².